The fourth-order valence-corrected chi connectivity index (χ4v) is 3.16. The van der Waals surface area contributed by atoms with E-state index in [0.717, 1.165) is 57.3 Å². The van der Waals surface area contributed by atoms with Gasteiger partial charge in [-0.25, -0.2) is 4.98 Å². The highest BCUT2D eigenvalue weighted by Crippen LogP contribution is 2.12. The van der Waals surface area contributed by atoms with Gasteiger partial charge in [-0.05, 0) is 30.5 Å². The van der Waals surface area contributed by atoms with Crippen LogP contribution in [0.2, 0.25) is 0 Å². The van der Waals surface area contributed by atoms with E-state index in [-0.39, 0.29) is 24.0 Å². The van der Waals surface area contributed by atoms with Crippen molar-refractivity contribution in [2.75, 3.05) is 44.7 Å². The van der Waals surface area contributed by atoms with E-state index in [0.29, 0.717) is 0 Å². The number of nitrogens with zero attached hydrogens (tertiary/aromatic N) is 4. The number of aryl methyl sites for hydroxylation is 1. The van der Waals surface area contributed by atoms with Crippen LogP contribution in [0.25, 0.3) is 0 Å². The van der Waals surface area contributed by atoms with Crippen molar-refractivity contribution in [3.63, 3.8) is 0 Å². The molecule has 2 heterocycles. The number of aliphatic imine (C=N–C) groups is 1. The Morgan fingerprint density at radius 2 is 1.77 bits per heavy atom. The molecule has 1 saturated heterocycles. The van der Waals surface area contributed by atoms with E-state index < -0.39 is 0 Å². The normalized spacial score (nSPS) is 14.7. The Morgan fingerprint density at radius 3 is 2.42 bits per heavy atom. The van der Waals surface area contributed by atoms with Crippen LogP contribution in [-0.4, -0.2) is 55.6 Å². The molecule has 26 heavy (non-hydrogen) atoms. The SMILES string of the molecule is CN=C(NCCCc1ccccc1)N1CCN(c2ccccn2)CC1.I. The van der Waals surface area contributed by atoms with Crippen molar-refractivity contribution in [1.82, 2.24) is 15.2 Å². The molecule has 1 aliphatic rings. The number of piperazine rings is 1. The third-order valence-corrected chi connectivity index (χ3v) is 4.53. The van der Waals surface area contributed by atoms with Gasteiger partial charge in [-0.1, -0.05) is 36.4 Å². The third-order valence-electron chi connectivity index (χ3n) is 4.53. The number of nitrogens with one attached hydrogen (secondary N) is 1. The second-order valence-corrected chi connectivity index (χ2v) is 6.23. The van der Waals surface area contributed by atoms with Gasteiger partial charge in [0.15, 0.2) is 5.96 Å². The van der Waals surface area contributed by atoms with E-state index in [4.69, 9.17) is 0 Å². The van der Waals surface area contributed by atoms with Crippen molar-refractivity contribution in [2.45, 2.75) is 12.8 Å². The number of pyridine rings is 1. The maximum absolute atomic E-state index is 4.45. The number of aromatic nitrogens is 1. The van der Waals surface area contributed by atoms with Crippen molar-refractivity contribution in [3.8, 4) is 0 Å². The molecule has 1 N–H and O–H groups in total. The summed E-state index contributed by atoms with van der Waals surface area (Å²) in [6.45, 7) is 4.83. The summed E-state index contributed by atoms with van der Waals surface area (Å²) in [6.07, 6.45) is 4.06. The van der Waals surface area contributed by atoms with Crippen LogP contribution >= 0.6 is 24.0 Å². The fraction of sp³-hybridized carbons (Fsp3) is 0.400. The summed E-state index contributed by atoms with van der Waals surface area (Å²) in [5.74, 6) is 2.07. The van der Waals surface area contributed by atoms with Crippen LogP contribution in [0.15, 0.2) is 59.7 Å². The lowest BCUT2D eigenvalue weighted by Gasteiger charge is -2.37. The van der Waals surface area contributed by atoms with Crippen molar-refractivity contribution < 1.29 is 0 Å². The quantitative estimate of drug-likeness (QED) is 0.319. The molecule has 0 amide bonds. The van der Waals surface area contributed by atoms with Gasteiger partial charge in [0.05, 0.1) is 0 Å². The molecule has 1 aromatic carbocycles. The summed E-state index contributed by atoms with van der Waals surface area (Å²) in [5.41, 5.74) is 1.39. The first-order valence-corrected chi connectivity index (χ1v) is 9.02. The van der Waals surface area contributed by atoms with Crippen LogP contribution in [-0.2, 0) is 6.42 Å². The van der Waals surface area contributed by atoms with Gasteiger partial charge >= 0.3 is 0 Å². The molecule has 3 rings (SSSR count). The zero-order chi connectivity index (χ0) is 17.3. The molecule has 2 aromatic rings. The molecule has 0 bridgehead atoms. The van der Waals surface area contributed by atoms with Gasteiger partial charge in [0, 0.05) is 46.0 Å². The molecule has 0 atom stereocenters. The van der Waals surface area contributed by atoms with Crippen molar-refractivity contribution in [1.29, 1.82) is 0 Å². The van der Waals surface area contributed by atoms with E-state index in [1.165, 1.54) is 5.56 Å². The number of halogens is 1. The van der Waals surface area contributed by atoms with Crippen molar-refractivity contribution in [3.05, 3.63) is 60.3 Å². The second-order valence-electron chi connectivity index (χ2n) is 6.23. The molecule has 1 aromatic heterocycles. The first-order valence-electron chi connectivity index (χ1n) is 9.02. The number of rotatable bonds is 5. The standard InChI is InChI=1S/C20H27N5.HI/c1-21-20(23-13-7-10-18-8-3-2-4-9-18)25-16-14-24(15-17-25)19-11-5-6-12-22-19;/h2-6,8-9,11-12H,7,10,13-17H2,1H3,(H,21,23);1H. The smallest absolute Gasteiger partial charge is 0.193 e. The molecule has 0 spiro atoms. The summed E-state index contributed by atoms with van der Waals surface area (Å²) in [6, 6.07) is 16.7. The summed E-state index contributed by atoms with van der Waals surface area (Å²) in [4.78, 5) is 13.6. The number of benzene rings is 1. The lowest BCUT2D eigenvalue weighted by Crippen LogP contribution is -2.52. The Labute approximate surface area is 173 Å². The highest BCUT2D eigenvalue weighted by molar-refractivity contribution is 14.0. The van der Waals surface area contributed by atoms with Crippen LogP contribution < -0.4 is 10.2 Å². The highest BCUT2D eigenvalue weighted by atomic mass is 127. The van der Waals surface area contributed by atoms with Gasteiger partial charge < -0.3 is 15.1 Å². The fourth-order valence-electron chi connectivity index (χ4n) is 3.16. The predicted octanol–water partition coefficient (Wildman–Crippen LogP) is 3.03. The largest absolute Gasteiger partial charge is 0.356 e. The maximum Gasteiger partial charge on any atom is 0.193 e. The molecular weight excluding hydrogens is 437 g/mol. The van der Waals surface area contributed by atoms with Gasteiger partial charge in [0.25, 0.3) is 0 Å². The number of anilines is 1. The Morgan fingerprint density at radius 1 is 1.04 bits per heavy atom. The Hall–Kier alpha value is -1.83. The molecule has 1 aliphatic heterocycles. The van der Waals surface area contributed by atoms with Gasteiger partial charge in [-0.15, -0.1) is 24.0 Å². The minimum Gasteiger partial charge on any atom is -0.356 e. The number of hydrogen-bond donors (Lipinski definition) is 1. The molecule has 5 nitrogen and oxygen atoms in total. The summed E-state index contributed by atoms with van der Waals surface area (Å²) in [5, 5.41) is 3.51. The van der Waals surface area contributed by atoms with E-state index >= 15 is 0 Å². The van der Waals surface area contributed by atoms with E-state index in [1.807, 2.05) is 25.4 Å². The molecule has 0 unspecified atom stereocenters. The minimum absolute atomic E-state index is 0. The molecule has 6 heteroatoms. The van der Waals surface area contributed by atoms with Gasteiger partial charge in [-0.3, -0.25) is 4.99 Å². The monoisotopic (exact) mass is 465 g/mol. The Balaban J connectivity index is 0.00000243. The summed E-state index contributed by atoms with van der Waals surface area (Å²) < 4.78 is 0. The first-order chi connectivity index (χ1) is 12.4. The van der Waals surface area contributed by atoms with Crippen LogP contribution in [0.3, 0.4) is 0 Å². The topological polar surface area (TPSA) is 43.8 Å². The van der Waals surface area contributed by atoms with Gasteiger partial charge in [-0.2, -0.15) is 0 Å². The second kappa shape index (κ2) is 11.0. The van der Waals surface area contributed by atoms with Crippen LogP contribution in [0, 0.1) is 0 Å². The summed E-state index contributed by atoms with van der Waals surface area (Å²) in [7, 11) is 1.87. The summed E-state index contributed by atoms with van der Waals surface area (Å²) >= 11 is 0. The van der Waals surface area contributed by atoms with Crippen LogP contribution in [0.1, 0.15) is 12.0 Å². The lowest BCUT2D eigenvalue weighted by atomic mass is 10.1. The Kier molecular flexibility index (Phi) is 8.67. The lowest BCUT2D eigenvalue weighted by molar-refractivity contribution is 0.371. The van der Waals surface area contributed by atoms with E-state index in [2.05, 4.69) is 61.5 Å². The highest BCUT2D eigenvalue weighted by Gasteiger charge is 2.20. The van der Waals surface area contributed by atoms with Crippen molar-refractivity contribution >= 4 is 35.8 Å². The average Bonchev–Trinajstić information content (AvgIpc) is 2.70. The van der Waals surface area contributed by atoms with E-state index in [9.17, 15) is 0 Å². The van der Waals surface area contributed by atoms with Crippen LogP contribution in [0.5, 0.6) is 0 Å². The molecular formula is C20H28IN5. The Bertz CT molecular complexity index is 654. The maximum atomic E-state index is 4.45. The average molecular weight is 465 g/mol. The van der Waals surface area contributed by atoms with Crippen LogP contribution in [0.4, 0.5) is 5.82 Å². The molecule has 0 radical (unpaired) electrons. The van der Waals surface area contributed by atoms with Gasteiger partial charge in [0.1, 0.15) is 5.82 Å². The number of hydrogen-bond acceptors (Lipinski definition) is 3. The molecule has 1 fully saturated rings. The van der Waals surface area contributed by atoms with Crippen molar-refractivity contribution in [2.24, 2.45) is 4.99 Å². The van der Waals surface area contributed by atoms with Gasteiger partial charge in [0.2, 0.25) is 0 Å². The third kappa shape index (κ3) is 5.86. The molecule has 140 valence electrons. The molecule has 0 aliphatic carbocycles. The number of guanidine groups is 1. The minimum atomic E-state index is 0. The zero-order valence-corrected chi connectivity index (χ0v) is 17.7. The molecule has 0 saturated carbocycles. The van der Waals surface area contributed by atoms with E-state index in [1.54, 1.807) is 0 Å². The zero-order valence-electron chi connectivity index (χ0n) is 15.3. The predicted molar refractivity (Wildman–Crippen MR) is 120 cm³/mol. The first kappa shape index (κ1) is 20.5.